The van der Waals surface area contributed by atoms with E-state index < -0.39 is 0 Å². The molecule has 2 N–H and O–H groups in total. The number of methoxy groups -OCH3 is 1. The van der Waals surface area contributed by atoms with Crippen LogP contribution in [0.4, 0.5) is 0 Å². The molecule has 0 amide bonds. The Hall–Kier alpha value is -1.49. The minimum absolute atomic E-state index is 0. The number of benzene rings is 1. The van der Waals surface area contributed by atoms with Crippen molar-refractivity contribution in [3.05, 3.63) is 35.2 Å². The van der Waals surface area contributed by atoms with Crippen LogP contribution in [-0.2, 0) is 19.4 Å². The molecule has 0 spiro atoms. The molecule has 2 aromatic rings. The number of nitrogens with one attached hydrogen (secondary N) is 2. The van der Waals surface area contributed by atoms with Gasteiger partial charge in [-0.15, -0.1) is 34.2 Å². The molecule has 0 radical (unpaired) electrons. The van der Waals surface area contributed by atoms with Crippen molar-refractivity contribution in [1.82, 2.24) is 25.4 Å². The van der Waals surface area contributed by atoms with Gasteiger partial charge in [-0.2, -0.15) is 0 Å². The van der Waals surface area contributed by atoms with E-state index in [0.29, 0.717) is 5.92 Å². The van der Waals surface area contributed by atoms with Crippen LogP contribution in [0.2, 0.25) is 0 Å². The second kappa shape index (κ2) is 14.5. The second-order valence-electron chi connectivity index (χ2n) is 7.69. The summed E-state index contributed by atoms with van der Waals surface area (Å²) in [5.74, 6) is 3.39. The van der Waals surface area contributed by atoms with E-state index in [4.69, 9.17) is 4.74 Å². The minimum atomic E-state index is 0. The lowest BCUT2D eigenvalue weighted by atomic mass is 10.1. The van der Waals surface area contributed by atoms with Crippen LogP contribution in [0.1, 0.15) is 37.2 Å². The molecule has 174 valence electrons. The van der Waals surface area contributed by atoms with E-state index in [2.05, 4.69) is 75.6 Å². The molecule has 0 fully saturated rings. The summed E-state index contributed by atoms with van der Waals surface area (Å²) in [6.07, 6.45) is 4.83. The van der Waals surface area contributed by atoms with Crippen LogP contribution in [0.25, 0.3) is 0 Å². The molecule has 0 bridgehead atoms. The SMILES string of the molecule is CN=C(NCCCc1nnc(SC)n1CC(C)C)NCCc1ccc(C)c(OC)c1.I. The Balaban J connectivity index is 0.00000480. The fraction of sp³-hybridized carbons (Fsp3) is 0.591. The van der Waals surface area contributed by atoms with Gasteiger partial charge < -0.3 is 19.9 Å². The number of hydrogen-bond donors (Lipinski definition) is 2. The van der Waals surface area contributed by atoms with Crippen molar-refractivity contribution in [3.63, 3.8) is 0 Å². The van der Waals surface area contributed by atoms with Crippen molar-refractivity contribution in [3.8, 4) is 5.75 Å². The zero-order chi connectivity index (χ0) is 21.9. The highest BCUT2D eigenvalue weighted by molar-refractivity contribution is 14.0. The molecular formula is C22H37IN6OS. The third kappa shape index (κ3) is 8.88. The molecule has 1 aromatic heterocycles. The van der Waals surface area contributed by atoms with Crippen molar-refractivity contribution >= 4 is 41.7 Å². The number of rotatable bonds is 11. The average Bonchev–Trinajstić information content (AvgIpc) is 3.11. The van der Waals surface area contributed by atoms with Gasteiger partial charge in [0.05, 0.1) is 7.11 Å². The molecule has 0 atom stereocenters. The molecule has 31 heavy (non-hydrogen) atoms. The lowest BCUT2D eigenvalue weighted by molar-refractivity contribution is 0.411. The Labute approximate surface area is 208 Å². The van der Waals surface area contributed by atoms with Gasteiger partial charge in [-0.25, -0.2) is 0 Å². The van der Waals surface area contributed by atoms with Gasteiger partial charge in [0.25, 0.3) is 0 Å². The van der Waals surface area contributed by atoms with E-state index in [1.165, 1.54) is 5.56 Å². The third-order valence-corrected chi connectivity index (χ3v) is 5.46. The maximum Gasteiger partial charge on any atom is 0.190 e. The summed E-state index contributed by atoms with van der Waals surface area (Å²) in [6, 6.07) is 6.34. The first kappa shape index (κ1) is 27.5. The van der Waals surface area contributed by atoms with Crippen molar-refractivity contribution in [2.24, 2.45) is 10.9 Å². The van der Waals surface area contributed by atoms with E-state index >= 15 is 0 Å². The topological polar surface area (TPSA) is 76.4 Å². The molecule has 9 heteroatoms. The molecule has 1 aromatic carbocycles. The highest BCUT2D eigenvalue weighted by Gasteiger charge is 2.12. The number of aryl methyl sites for hydroxylation is 2. The second-order valence-corrected chi connectivity index (χ2v) is 8.46. The van der Waals surface area contributed by atoms with Gasteiger partial charge in [-0.05, 0) is 49.1 Å². The fourth-order valence-electron chi connectivity index (χ4n) is 3.22. The quantitative estimate of drug-likeness (QED) is 0.143. The number of ether oxygens (including phenoxy) is 1. The smallest absolute Gasteiger partial charge is 0.190 e. The number of halogens is 1. The van der Waals surface area contributed by atoms with Crippen LogP contribution < -0.4 is 15.4 Å². The standard InChI is InChI=1S/C22H36N6OS.HI/c1-16(2)15-28-20(26-27-22(28)30-6)8-7-12-24-21(23-4)25-13-11-18-10-9-17(3)19(14-18)29-5;/h9-10,14,16H,7-8,11-13,15H2,1-6H3,(H2,23,24,25);1H. The summed E-state index contributed by atoms with van der Waals surface area (Å²) >= 11 is 1.65. The molecule has 0 aliphatic rings. The van der Waals surface area contributed by atoms with Crippen LogP contribution >= 0.6 is 35.7 Å². The normalized spacial score (nSPS) is 11.4. The first-order valence-electron chi connectivity index (χ1n) is 10.5. The summed E-state index contributed by atoms with van der Waals surface area (Å²) in [6.45, 7) is 9.10. The summed E-state index contributed by atoms with van der Waals surface area (Å²) in [4.78, 5) is 4.32. The maximum atomic E-state index is 5.41. The third-order valence-electron chi connectivity index (χ3n) is 4.80. The largest absolute Gasteiger partial charge is 0.496 e. The van der Waals surface area contributed by atoms with Gasteiger partial charge in [0.1, 0.15) is 11.6 Å². The Morgan fingerprint density at radius 2 is 1.94 bits per heavy atom. The van der Waals surface area contributed by atoms with Crippen LogP contribution in [0.5, 0.6) is 5.75 Å². The molecule has 0 saturated heterocycles. The number of nitrogens with zero attached hydrogens (tertiary/aromatic N) is 4. The number of aliphatic imine (C=N–C) groups is 1. The summed E-state index contributed by atoms with van der Waals surface area (Å²) in [7, 11) is 3.51. The maximum absolute atomic E-state index is 5.41. The van der Waals surface area contributed by atoms with Gasteiger partial charge in [0.15, 0.2) is 11.1 Å². The van der Waals surface area contributed by atoms with Crippen molar-refractivity contribution in [1.29, 1.82) is 0 Å². The Bertz CT molecular complexity index is 824. The Kier molecular flexibility index (Phi) is 12.9. The van der Waals surface area contributed by atoms with E-state index in [-0.39, 0.29) is 24.0 Å². The zero-order valence-corrected chi connectivity index (χ0v) is 22.7. The predicted octanol–water partition coefficient (Wildman–Crippen LogP) is 3.93. The fourth-order valence-corrected chi connectivity index (χ4v) is 3.75. The number of hydrogen-bond acceptors (Lipinski definition) is 5. The molecule has 7 nitrogen and oxygen atoms in total. The molecule has 0 aliphatic carbocycles. The van der Waals surface area contributed by atoms with Crippen LogP contribution in [0.15, 0.2) is 28.3 Å². The molecule has 2 rings (SSSR count). The Morgan fingerprint density at radius 3 is 2.58 bits per heavy atom. The summed E-state index contributed by atoms with van der Waals surface area (Å²) in [5.41, 5.74) is 2.40. The van der Waals surface area contributed by atoms with E-state index in [1.807, 2.05) is 0 Å². The highest BCUT2D eigenvalue weighted by Crippen LogP contribution is 2.19. The Morgan fingerprint density at radius 1 is 1.19 bits per heavy atom. The lowest BCUT2D eigenvalue weighted by Crippen LogP contribution is -2.38. The first-order chi connectivity index (χ1) is 14.5. The van der Waals surface area contributed by atoms with Crippen molar-refractivity contribution in [2.75, 3.05) is 33.5 Å². The van der Waals surface area contributed by atoms with Crippen LogP contribution in [0, 0.1) is 12.8 Å². The van der Waals surface area contributed by atoms with Crippen molar-refractivity contribution < 1.29 is 4.74 Å². The van der Waals surface area contributed by atoms with E-state index in [9.17, 15) is 0 Å². The summed E-state index contributed by atoms with van der Waals surface area (Å²) in [5, 5.41) is 16.5. The molecule has 0 unspecified atom stereocenters. The number of aromatic nitrogens is 3. The molecular weight excluding hydrogens is 523 g/mol. The van der Waals surface area contributed by atoms with Crippen molar-refractivity contribution in [2.45, 2.75) is 51.7 Å². The monoisotopic (exact) mass is 560 g/mol. The van der Waals surface area contributed by atoms with Crippen LogP contribution in [-0.4, -0.2) is 54.2 Å². The van der Waals surface area contributed by atoms with Gasteiger partial charge in [-0.3, -0.25) is 4.99 Å². The van der Waals surface area contributed by atoms with Gasteiger partial charge in [0.2, 0.25) is 0 Å². The molecule has 0 saturated carbocycles. The lowest BCUT2D eigenvalue weighted by Gasteiger charge is -2.13. The first-order valence-corrected chi connectivity index (χ1v) is 11.7. The molecule has 1 heterocycles. The van der Waals surface area contributed by atoms with Gasteiger partial charge >= 0.3 is 0 Å². The van der Waals surface area contributed by atoms with Gasteiger partial charge in [0, 0.05) is 33.1 Å². The number of guanidine groups is 1. The van der Waals surface area contributed by atoms with E-state index in [0.717, 1.165) is 67.2 Å². The minimum Gasteiger partial charge on any atom is -0.496 e. The zero-order valence-electron chi connectivity index (χ0n) is 19.6. The van der Waals surface area contributed by atoms with Gasteiger partial charge in [-0.1, -0.05) is 37.7 Å². The number of thioether (sulfide) groups is 1. The van der Waals surface area contributed by atoms with Crippen LogP contribution in [0.3, 0.4) is 0 Å². The molecule has 0 aliphatic heterocycles. The highest BCUT2D eigenvalue weighted by atomic mass is 127. The predicted molar refractivity (Wildman–Crippen MR) is 141 cm³/mol. The summed E-state index contributed by atoms with van der Waals surface area (Å²) < 4.78 is 7.65. The van der Waals surface area contributed by atoms with E-state index in [1.54, 1.807) is 25.9 Å². The average molecular weight is 561 g/mol.